The number of carbonyl (C=O) groups excluding carboxylic acids is 2. The Morgan fingerprint density at radius 1 is 0.923 bits per heavy atom. The van der Waals surface area contributed by atoms with Crippen molar-refractivity contribution in [1.29, 1.82) is 0 Å². The van der Waals surface area contributed by atoms with Crippen LogP contribution in [0.1, 0.15) is 55.6 Å². The molecule has 2 aromatic carbocycles. The number of nitrogens with one attached hydrogen (secondary N) is 1. The van der Waals surface area contributed by atoms with Crippen LogP contribution >= 0.6 is 0 Å². The molecule has 1 N–H and O–H groups in total. The molecule has 1 aromatic heterocycles. The molecule has 1 aliphatic rings. The molecule has 3 aromatic rings. The van der Waals surface area contributed by atoms with E-state index in [4.69, 9.17) is 18.9 Å². The van der Waals surface area contributed by atoms with Gasteiger partial charge < -0.3 is 29.2 Å². The van der Waals surface area contributed by atoms with E-state index in [1.807, 2.05) is 45.0 Å². The molecule has 10 nitrogen and oxygen atoms in total. The van der Waals surface area contributed by atoms with Gasteiger partial charge in [0.2, 0.25) is 0 Å². The van der Waals surface area contributed by atoms with Gasteiger partial charge in [-0.15, -0.1) is 0 Å². The monoisotopic (exact) mass is 536 g/mol. The molecule has 1 aliphatic heterocycles. The van der Waals surface area contributed by atoms with E-state index in [9.17, 15) is 9.59 Å². The van der Waals surface area contributed by atoms with Crippen LogP contribution < -0.4 is 19.5 Å². The van der Waals surface area contributed by atoms with Gasteiger partial charge in [-0.2, -0.15) is 5.10 Å². The average Bonchev–Trinajstić information content (AvgIpc) is 3.37. The summed E-state index contributed by atoms with van der Waals surface area (Å²) >= 11 is 0. The quantitative estimate of drug-likeness (QED) is 0.439. The van der Waals surface area contributed by atoms with Crippen LogP contribution in [0.4, 0.5) is 10.5 Å². The predicted octanol–water partition coefficient (Wildman–Crippen LogP) is 5.26. The van der Waals surface area contributed by atoms with Gasteiger partial charge in [0.15, 0.2) is 11.5 Å². The molecule has 1 saturated heterocycles. The number of rotatable bonds is 7. The van der Waals surface area contributed by atoms with Gasteiger partial charge in [-0.1, -0.05) is 0 Å². The number of carbonyl (C=O) groups is 2. The smallest absolute Gasteiger partial charge is 0.410 e. The van der Waals surface area contributed by atoms with Crippen LogP contribution in [0, 0.1) is 0 Å². The molecular weight excluding hydrogens is 500 g/mol. The highest BCUT2D eigenvalue weighted by molar-refractivity contribution is 6.05. The Morgan fingerprint density at radius 2 is 1.59 bits per heavy atom. The number of anilines is 1. The fraction of sp³-hybridized carbons (Fsp3) is 0.414. The summed E-state index contributed by atoms with van der Waals surface area (Å²) in [6, 6.07) is 12.7. The molecule has 0 unspecified atom stereocenters. The Balaban J connectivity index is 1.62. The molecule has 39 heavy (non-hydrogen) atoms. The normalized spacial score (nSPS) is 14.1. The van der Waals surface area contributed by atoms with Crippen molar-refractivity contribution in [3.05, 3.63) is 59.9 Å². The van der Waals surface area contributed by atoms with Crippen molar-refractivity contribution in [2.45, 2.75) is 45.1 Å². The number of benzene rings is 2. The Morgan fingerprint density at radius 3 is 2.18 bits per heavy atom. The lowest BCUT2D eigenvalue weighted by molar-refractivity contribution is 0.0203. The highest BCUT2D eigenvalue weighted by Gasteiger charge is 2.32. The van der Waals surface area contributed by atoms with E-state index >= 15 is 0 Å². The second kappa shape index (κ2) is 11.7. The van der Waals surface area contributed by atoms with E-state index in [1.165, 1.54) is 0 Å². The Bertz CT molecular complexity index is 1300. The van der Waals surface area contributed by atoms with Crippen molar-refractivity contribution in [2.24, 2.45) is 0 Å². The van der Waals surface area contributed by atoms with E-state index in [0.717, 1.165) is 17.1 Å². The van der Waals surface area contributed by atoms with Gasteiger partial charge in [0.1, 0.15) is 11.4 Å². The van der Waals surface area contributed by atoms with Gasteiger partial charge >= 0.3 is 6.09 Å². The SMILES string of the molecule is COc1ccc(-n2ncc(C(=O)Nc3ccc(OC)c(OC)c3)c2C2CCN(C(=O)OC(C)(C)C)CC2)cc1. The number of hydrogen-bond acceptors (Lipinski definition) is 7. The molecule has 0 spiro atoms. The highest BCUT2D eigenvalue weighted by Crippen LogP contribution is 2.34. The Kier molecular flexibility index (Phi) is 8.32. The van der Waals surface area contributed by atoms with Crippen LogP contribution in [-0.4, -0.2) is 66.7 Å². The van der Waals surface area contributed by atoms with E-state index < -0.39 is 5.60 Å². The summed E-state index contributed by atoms with van der Waals surface area (Å²) < 4.78 is 23.3. The summed E-state index contributed by atoms with van der Waals surface area (Å²) in [5.41, 5.74) is 2.08. The summed E-state index contributed by atoms with van der Waals surface area (Å²) in [5, 5.41) is 7.58. The molecule has 2 heterocycles. The molecule has 0 bridgehead atoms. The van der Waals surface area contributed by atoms with Crippen LogP contribution in [0.15, 0.2) is 48.7 Å². The zero-order valence-corrected chi connectivity index (χ0v) is 23.3. The zero-order valence-electron chi connectivity index (χ0n) is 23.3. The standard InChI is InChI=1S/C29H36N4O6/c1-29(2,3)39-28(35)32-15-13-19(14-16-32)26-23(18-30-33(26)21-8-10-22(36-4)11-9-21)27(34)31-20-7-12-24(37-5)25(17-20)38-6/h7-12,17-19H,13-16H2,1-6H3,(H,31,34). The zero-order chi connectivity index (χ0) is 28.2. The van der Waals surface area contributed by atoms with Crippen LogP contribution in [0.2, 0.25) is 0 Å². The first-order valence-corrected chi connectivity index (χ1v) is 12.9. The number of aromatic nitrogens is 2. The Labute approximate surface area is 228 Å². The van der Waals surface area contributed by atoms with Crippen molar-refractivity contribution in [3.8, 4) is 22.9 Å². The van der Waals surface area contributed by atoms with E-state index in [-0.39, 0.29) is 17.9 Å². The summed E-state index contributed by atoms with van der Waals surface area (Å²) in [6.07, 6.45) is 2.60. The van der Waals surface area contributed by atoms with Crippen LogP contribution in [0.3, 0.4) is 0 Å². The summed E-state index contributed by atoms with van der Waals surface area (Å²) in [7, 11) is 4.72. The second-order valence-electron chi connectivity index (χ2n) is 10.3. The van der Waals surface area contributed by atoms with Crippen molar-refractivity contribution in [2.75, 3.05) is 39.7 Å². The molecule has 2 amide bonds. The molecule has 208 valence electrons. The van der Waals surface area contributed by atoms with Gasteiger partial charge in [-0.3, -0.25) is 4.79 Å². The molecule has 0 aliphatic carbocycles. The first-order valence-electron chi connectivity index (χ1n) is 12.9. The van der Waals surface area contributed by atoms with Gasteiger partial charge in [-0.05, 0) is 70.0 Å². The first-order chi connectivity index (χ1) is 18.6. The van der Waals surface area contributed by atoms with Crippen LogP contribution in [0.25, 0.3) is 5.69 Å². The van der Waals surface area contributed by atoms with Crippen LogP contribution in [-0.2, 0) is 4.74 Å². The van der Waals surface area contributed by atoms with Crippen molar-refractivity contribution < 1.29 is 28.5 Å². The fourth-order valence-electron chi connectivity index (χ4n) is 4.63. The minimum absolute atomic E-state index is 0.000517. The minimum atomic E-state index is -0.559. The van der Waals surface area contributed by atoms with E-state index in [2.05, 4.69) is 10.4 Å². The number of likely N-dealkylation sites (tertiary alicyclic amines) is 1. The van der Waals surface area contributed by atoms with Crippen molar-refractivity contribution in [3.63, 3.8) is 0 Å². The van der Waals surface area contributed by atoms with Gasteiger partial charge in [0.05, 0.1) is 44.5 Å². The number of methoxy groups -OCH3 is 3. The van der Waals surface area contributed by atoms with Crippen molar-refractivity contribution >= 4 is 17.7 Å². The topological polar surface area (TPSA) is 104 Å². The predicted molar refractivity (Wildman–Crippen MR) is 147 cm³/mol. The lowest BCUT2D eigenvalue weighted by Crippen LogP contribution is -2.41. The average molecular weight is 537 g/mol. The third-order valence-corrected chi connectivity index (χ3v) is 6.54. The molecule has 1 fully saturated rings. The molecule has 10 heteroatoms. The summed E-state index contributed by atoms with van der Waals surface area (Å²) in [5.74, 6) is 1.52. The molecular formula is C29H36N4O6. The van der Waals surface area contributed by atoms with E-state index in [1.54, 1.807) is 55.3 Å². The number of ether oxygens (including phenoxy) is 4. The molecule has 0 saturated carbocycles. The second-order valence-corrected chi connectivity index (χ2v) is 10.3. The number of hydrogen-bond donors (Lipinski definition) is 1. The fourth-order valence-corrected chi connectivity index (χ4v) is 4.63. The summed E-state index contributed by atoms with van der Waals surface area (Å²) in [4.78, 5) is 27.9. The molecule has 0 atom stereocenters. The van der Waals surface area contributed by atoms with Gasteiger partial charge in [-0.25, -0.2) is 9.48 Å². The van der Waals surface area contributed by atoms with Gasteiger partial charge in [0, 0.05) is 30.8 Å². The number of amides is 2. The number of nitrogens with zero attached hydrogens (tertiary/aromatic N) is 3. The summed E-state index contributed by atoms with van der Waals surface area (Å²) in [6.45, 7) is 6.60. The molecule has 4 rings (SSSR count). The van der Waals surface area contributed by atoms with E-state index in [0.29, 0.717) is 48.7 Å². The minimum Gasteiger partial charge on any atom is -0.497 e. The maximum absolute atomic E-state index is 13.6. The lowest BCUT2D eigenvalue weighted by atomic mass is 9.90. The highest BCUT2D eigenvalue weighted by atomic mass is 16.6. The van der Waals surface area contributed by atoms with Crippen molar-refractivity contribution in [1.82, 2.24) is 14.7 Å². The maximum Gasteiger partial charge on any atom is 0.410 e. The Hall–Kier alpha value is -4.21. The third kappa shape index (κ3) is 6.45. The lowest BCUT2D eigenvalue weighted by Gasteiger charge is -2.34. The van der Waals surface area contributed by atoms with Crippen LogP contribution in [0.5, 0.6) is 17.2 Å². The molecule has 0 radical (unpaired) electrons. The first kappa shape index (κ1) is 27.8. The third-order valence-electron chi connectivity index (χ3n) is 6.54. The van der Waals surface area contributed by atoms with Gasteiger partial charge in [0.25, 0.3) is 5.91 Å². The number of piperidine rings is 1. The maximum atomic E-state index is 13.6. The largest absolute Gasteiger partial charge is 0.497 e.